The first-order chi connectivity index (χ1) is 10.3. The molecule has 2 aromatic rings. The average Bonchev–Trinajstić information content (AvgIpc) is 2.97. The first-order valence-corrected chi connectivity index (χ1v) is 7.63. The molecule has 2 heterocycles. The Kier molecular flexibility index (Phi) is 4.31. The number of hydrogen-bond donors (Lipinski definition) is 1. The van der Waals surface area contributed by atoms with Gasteiger partial charge >= 0.3 is 0 Å². The summed E-state index contributed by atoms with van der Waals surface area (Å²) in [6.45, 7) is 3.57. The molecule has 1 aromatic heterocycles. The Balaban J connectivity index is 1.73. The minimum atomic E-state index is -0.0247. The number of nitrogens with two attached hydrogens (primary N) is 1. The Bertz CT molecular complexity index is 595. The maximum absolute atomic E-state index is 6.08. The van der Waals surface area contributed by atoms with Crippen molar-refractivity contribution in [1.82, 2.24) is 15.0 Å². The number of nitrogens with zero attached hydrogens (tertiary/aromatic N) is 3. The van der Waals surface area contributed by atoms with Crippen LogP contribution in [-0.4, -0.2) is 21.6 Å². The van der Waals surface area contributed by atoms with Gasteiger partial charge in [-0.25, -0.2) is 4.68 Å². The Morgan fingerprint density at radius 2 is 2.29 bits per heavy atom. The lowest BCUT2D eigenvalue weighted by Gasteiger charge is -2.25. The zero-order valence-electron chi connectivity index (χ0n) is 12.4. The Hall–Kier alpha value is -1.72. The van der Waals surface area contributed by atoms with E-state index in [1.807, 2.05) is 10.9 Å². The van der Waals surface area contributed by atoms with Crippen LogP contribution in [0.4, 0.5) is 0 Å². The zero-order valence-corrected chi connectivity index (χ0v) is 12.4. The van der Waals surface area contributed by atoms with E-state index in [-0.39, 0.29) is 12.1 Å². The van der Waals surface area contributed by atoms with E-state index < -0.39 is 0 Å². The summed E-state index contributed by atoms with van der Waals surface area (Å²) in [5.74, 6) is 0. The third kappa shape index (κ3) is 3.14. The Labute approximate surface area is 125 Å². The van der Waals surface area contributed by atoms with E-state index in [0.29, 0.717) is 6.54 Å². The number of rotatable bonds is 5. The molecule has 112 valence electrons. The van der Waals surface area contributed by atoms with Crippen LogP contribution in [0.3, 0.4) is 0 Å². The molecule has 21 heavy (non-hydrogen) atoms. The van der Waals surface area contributed by atoms with Crippen molar-refractivity contribution >= 4 is 0 Å². The zero-order chi connectivity index (χ0) is 14.7. The van der Waals surface area contributed by atoms with E-state index in [2.05, 4.69) is 41.5 Å². The van der Waals surface area contributed by atoms with Crippen LogP contribution in [0.15, 0.2) is 30.5 Å². The fourth-order valence-corrected chi connectivity index (χ4v) is 2.83. The van der Waals surface area contributed by atoms with Gasteiger partial charge < -0.3 is 10.5 Å². The summed E-state index contributed by atoms with van der Waals surface area (Å²) in [6, 6.07) is 8.43. The number of hydrogen-bond acceptors (Lipinski definition) is 4. The van der Waals surface area contributed by atoms with Gasteiger partial charge in [-0.2, -0.15) is 0 Å². The van der Waals surface area contributed by atoms with Crippen LogP contribution >= 0.6 is 0 Å². The summed E-state index contributed by atoms with van der Waals surface area (Å²) < 4.78 is 7.75. The normalized spacial score (nSPS) is 19.2. The minimum Gasteiger partial charge on any atom is -0.371 e. The van der Waals surface area contributed by atoms with Crippen LogP contribution in [0.1, 0.15) is 48.7 Å². The summed E-state index contributed by atoms with van der Waals surface area (Å²) in [7, 11) is 0. The van der Waals surface area contributed by atoms with Crippen molar-refractivity contribution < 1.29 is 4.74 Å². The standard InChI is InChI=1S/C16H22N4O/c1-2-5-14(17)15-10-20(19-18-15)11-16-13-7-4-3-6-12(13)8-9-21-16/h3-4,6-7,10,14,16H,2,5,8-9,11,17H2,1H3. The van der Waals surface area contributed by atoms with Gasteiger partial charge in [-0.05, 0) is 24.0 Å². The largest absolute Gasteiger partial charge is 0.371 e. The summed E-state index contributed by atoms with van der Waals surface area (Å²) in [5, 5.41) is 8.38. The molecule has 0 saturated heterocycles. The van der Waals surface area contributed by atoms with Gasteiger partial charge in [0.15, 0.2) is 0 Å². The fraction of sp³-hybridized carbons (Fsp3) is 0.500. The molecule has 3 rings (SSSR count). The minimum absolute atomic E-state index is 0.0247. The fourth-order valence-electron chi connectivity index (χ4n) is 2.83. The van der Waals surface area contributed by atoms with E-state index in [4.69, 9.17) is 10.5 Å². The molecular weight excluding hydrogens is 264 g/mol. The quantitative estimate of drug-likeness (QED) is 0.916. The predicted molar refractivity (Wildman–Crippen MR) is 80.7 cm³/mol. The molecule has 2 N–H and O–H groups in total. The predicted octanol–water partition coefficient (Wildman–Crippen LogP) is 2.39. The summed E-state index contributed by atoms with van der Waals surface area (Å²) in [6.07, 6.45) is 4.96. The molecule has 2 unspecified atom stereocenters. The lowest BCUT2D eigenvalue weighted by Crippen LogP contribution is -2.20. The van der Waals surface area contributed by atoms with Crippen LogP contribution in [0.2, 0.25) is 0 Å². The molecule has 1 aromatic carbocycles. The second-order valence-electron chi connectivity index (χ2n) is 5.57. The van der Waals surface area contributed by atoms with Gasteiger partial charge in [0, 0.05) is 0 Å². The Morgan fingerprint density at radius 1 is 1.43 bits per heavy atom. The van der Waals surface area contributed by atoms with Crippen LogP contribution < -0.4 is 5.73 Å². The number of benzene rings is 1. The first kappa shape index (κ1) is 14.2. The summed E-state index contributed by atoms with van der Waals surface area (Å²) in [4.78, 5) is 0. The van der Waals surface area contributed by atoms with Gasteiger partial charge in [-0.15, -0.1) is 5.10 Å². The van der Waals surface area contributed by atoms with Crippen molar-refractivity contribution in [2.75, 3.05) is 6.61 Å². The molecule has 0 saturated carbocycles. The molecule has 0 amide bonds. The molecular formula is C16H22N4O. The summed E-state index contributed by atoms with van der Waals surface area (Å²) in [5.41, 5.74) is 9.58. The third-order valence-electron chi connectivity index (χ3n) is 3.98. The van der Waals surface area contributed by atoms with Crippen molar-refractivity contribution in [3.8, 4) is 0 Å². The molecule has 5 heteroatoms. The maximum atomic E-state index is 6.08. The Morgan fingerprint density at radius 3 is 3.14 bits per heavy atom. The number of aromatic nitrogens is 3. The highest BCUT2D eigenvalue weighted by Gasteiger charge is 2.21. The maximum Gasteiger partial charge on any atom is 0.102 e. The second kappa shape index (κ2) is 6.37. The lowest BCUT2D eigenvalue weighted by atomic mass is 9.98. The van der Waals surface area contributed by atoms with Crippen molar-refractivity contribution in [2.24, 2.45) is 5.73 Å². The monoisotopic (exact) mass is 286 g/mol. The topological polar surface area (TPSA) is 66.0 Å². The van der Waals surface area contributed by atoms with Crippen molar-refractivity contribution in [1.29, 1.82) is 0 Å². The van der Waals surface area contributed by atoms with E-state index in [1.54, 1.807) is 0 Å². The number of ether oxygens (including phenoxy) is 1. The smallest absolute Gasteiger partial charge is 0.102 e. The SMILES string of the molecule is CCCC(N)c1cn(CC2OCCc3ccccc32)nn1. The van der Waals surface area contributed by atoms with Crippen LogP contribution in [0, 0.1) is 0 Å². The highest BCUT2D eigenvalue weighted by Crippen LogP contribution is 2.28. The molecule has 1 aliphatic heterocycles. The van der Waals surface area contributed by atoms with Gasteiger partial charge in [0.1, 0.15) is 6.10 Å². The molecule has 0 fully saturated rings. The number of fused-ring (bicyclic) bond motifs is 1. The molecule has 0 aliphatic carbocycles. The van der Waals surface area contributed by atoms with E-state index in [1.165, 1.54) is 11.1 Å². The van der Waals surface area contributed by atoms with Crippen molar-refractivity contribution in [2.45, 2.75) is 44.9 Å². The molecule has 0 bridgehead atoms. The van der Waals surface area contributed by atoms with Gasteiger partial charge in [-0.3, -0.25) is 0 Å². The van der Waals surface area contributed by atoms with Gasteiger partial charge in [0.2, 0.25) is 0 Å². The van der Waals surface area contributed by atoms with Crippen molar-refractivity contribution in [3.63, 3.8) is 0 Å². The molecule has 5 nitrogen and oxygen atoms in total. The van der Waals surface area contributed by atoms with E-state index in [0.717, 1.165) is 31.6 Å². The van der Waals surface area contributed by atoms with Crippen molar-refractivity contribution in [3.05, 3.63) is 47.3 Å². The highest BCUT2D eigenvalue weighted by atomic mass is 16.5. The van der Waals surface area contributed by atoms with E-state index in [9.17, 15) is 0 Å². The molecule has 0 spiro atoms. The average molecular weight is 286 g/mol. The summed E-state index contributed by atoms with van der Waals surface area (Å²) >= 11 is 0. The highest BCUT2D eigenvalue weighted by molar-refractivity contribution is 5.30. The van der Waals surface area contributed by atoms with Crippen LogP contribution in [-0.2, 0) is 17.7 Å². The van der Waals surface area contributed by atoms with Crippen LogP contribution in [0.5, 0.6) is 0 Å². The van der Waals surface area contributed by atoms with Gasteiger partial charge in [-0.1, -0.05) is 42.8 Å². The van der Waals surface area contributed by atoms with E-state index >= 15 is 0 Å². The van der Waals surface area contributed by atoms with Gasteiger partial charge in [0.25, 0.3) is 0 Å². The lowest BCUT2D eigenvalue weighted by molar-refractivity contribution is 0.0279. The molecule has 0 radical (unpaired) electrons. The van der Waals surface area contributed by atoms with Crippen LogP contribution in [0.25, 0.3) is 0 Å². The second-order valence-corrected chi connectivity index (χ2v) is 5.57. The third-order valence-corrected chi connectivity index (χ3v) is 3.98. The molecule has 1 aliphatic rings. The molecule has 2 atom stereocenters. The van der Waals surface area contributed by atoms with Gasteiger partial charge in [0.05, 0.1) is 31.1 Å². The first-order valence-electron chi connectivity index (χ1n) is 7.63.